The van der Waals surface area contributed by atoms with Crippen molar-refractivity contribution in [3.63, 3.8) is 0 Å². The molecule has 0 amide bonds. The third kappa shape index (κ3) is 4.35. The Morgan fingerprint density at radius 2 is 1.92 bits per heavy atom. The van der Waals surface area contributed by atoms with Gasteiger partial charge >= 0.3 is 0 Å². The van der Waals surface area contributed by atoms with Gasteiger partial charge in [0.2, 0.25) is 0 Å². The summed E-state index contributed by atoms with van der Waals surface area (Å²) >= 11 is 0. The summed E-state index contributed by atoms with van der Waals surface area (Å²) in [5, 5.41) is 12.8. The number of halogens is 1. The van der Waals surface area contributed by atoms with E-state index in [1.54, 1.807) is 0 Å². The molecule has 1 aromatic rings. The molecule has 1 aliphatic carbocycles. The van der Waals surface area contributed by atoms with Crippen molar-refractivity contribution in [2.75, 3.05) is 32.7 Å². The normalized spacial score (nSPS) is 21.5. The molecule has 3 rings (SSSR count). The summed E-state index contributed by atoms with van der Waals surface area (Å²) in [6.45, 7) is 11.5. The van der Waals surface area contributed by atoms with Crippen molar-refractivity contribution in [3.05, 3.63) is 18.5 Å². The van der Waals surface area contributed by atoms with Crippen molar-refractivity contribution < 1.29 is 0 Å². The fourth-order valence-electron chi connectivity index (χ4n) is 4.02. The number of nitrogens with zero attached hydrogens (tertiary/aromatic N) is 6. The predicted octanol–water partition coefficient (Wildman–Crippen LogP) is 2.85. The van der Waals surface area contributed by atoms with E-state index in [2.05, 4.69) is 43.5 Å². The van der Waals surface area contributed by atoms with E-state index in [4.69, 9.17) is 0 Å². The topological polar surface area (TPSA) is 50.1 Å². The minimum absolute atomic E-state index is 0. The summed E-state index contributed by atoms with van der Waals surface area (Å²) in [5.41, 5.74) is 0. The molecule has 136 valence electrons. The Kier molecular flexibility index (Phi) is 7.65. The van der Waals surface area contributed by atoms with E-state index < -0.39 is 0 Å². The highest BCUT2D eigenvalue weighted by atomic mass is 35.5. The molecule has 1 unspecified atom stereocenters. The Morgan fingerprint density at radius 1 is 1.21 bits per heavy atom. The lowest BCUT2D eigenvalue weighted by Gasteiger charge is -2.38. The van der Waals surface area contributed by atoms with Gasteiger partial charge in [0.1, 0.15) is 0 Å². The lowest BCUT2D eigenvalue weighted by atomic mass is 10.1. The molecule has 0 radical (unpaired) electrons. The van der Waals surface area contributed by atoms with Gasteiger partial charge in [0.25, 0.3) is 0 Å². The predicted molar refractivity (Wildman–Crippen MR) is 98.4 cm³/mol. The molecule has 1 saturated carbocycles. The second-order valence-electron chi connectivity index (χ2n) is 6.85. The minimum Gasteiger partial charge on any atom is -0.297 e. The van der Waals surface area contributed by atoms with Gasteiger partial charge in [0.05, 0.1) is 12.1 Å². The summed E-state index contributed by atoms with van der Waals surface area (Å²) in [6.07, 6.45) is 9.36. The van der Waals surface area contributed by atoms with Gasteiger partial charge in [-0.05, 0) is 29.7 Å². The first-order valence-corrected chi connectivity index (χ1v) is 9.18. The second kappa shape index (κ2) is 9.49. The van der Waals surface area contributed by atoms with E-state index in [9.17, 15) is 0 Å². The molecule has 6 nitrogen and oxygen atoms in total. The Hall–Kier alpha value is -0.980. The molecule has 2 heterocycles. The van der Waals surface area contributed by atoms with E-state index in [1.165, 1.54) is 25.7 Å². The smallest absolute Gasteiger partial charge is 0.168 e. The van der Waals surface area contributed by atoms with Crippen molar-refractivity contribution in [1.82, 2.24) is 30.0 Å². The van der Waals surface area contributed by atoms with Crippen LogP contribution in [0, 0.1) is 0 Å². The molecule has 1 atom stereocenters. The zero-order valence-corrected chi connectivity index (χ0v) is 15.6. The van der Waals surface area contributed by atoms with Crippen molar-refractivity contribution in [2.45, 2.75) is 57.5 Å². The van der Waals surface area contributed by atoms with Crippen molar-refractivity contribution in [3.8, 4) is 0 Å². The molecule has 0 aromatic carbocycles. The number of rotatable bonds is 7. The van der Waals surface area contributed by atoms with Gasteiger partial charge in [-0.1, -0.05) is 32.3 Å². The standard InChI is InChI=1S/C17H30N6.ClH/c1-3-7-16(22-13-11-21(10-4-2)12-14-22)17-18-19-20-23(17)15-8-5-6-9-15;/h4,15-16H,2-3,5-14H2,1H3;1H. The number of tetrazole rings is 1. The summed E-state index contributed by atoms with van der Waals surface area (Å²) in [7, 11) is 0. The van der Waals surface area contributed by atoms with Gasteiger partial charge in [-0.2, -0.15) is 0 Å². The van der Waals surface area contributed by atoms with Crippen LogP contribution in [0.3, 0.4) is 0 Å². The van der Waals surface area contributed by atoms with E-state index in [0.717, 1.165) is 51.4 Å². The third-order valence-electron chi connectivity index (χ3n) is 5.28. The van der Waals surface area contributed by atoms with Crippen LogP contribution in [-0.4, -0.2) is 62.7 Å². The quantitative estimate of drug-likeness (QED) is 0.705. The molecule has 1 aliphatic heterocycles. The SMILES string of the molecule is C=CCN1CCN(C(CCC)c2nnnn2C2CCCC2)CC1.Cl. The van der Waals surface area contributed by atoms with Gasteiger partial charge in [0, 0.05) is 32.7 Å². The number of hydrogen-bond donors (Lipinski definition) is 0. The van der Waals surface area contributed by atoms with E-state index >= 15 is 0 Å². The van der Waals surface area contributed by atoms with E-state index in [-0.39, 0.29) is 12.4 Å². The molecule has 2 fully saturated rings. The van der Waals surface area contributed by atoms with Gasteiger partial charge in [-0.3, -0.25) is 9.80 Å². The molecule has 1 aromatic heterocycles. The van der Waals surface area contributed by atoms with Gasteiger partial charge in [-0.15, -0.1) is 24.1 Å². The summed E-state index contributed by atoms with van der Waals surface area (Å²) in [6, 6.07) is 0.878. The molecule has 1 saturated heterocycles. The molecule has 0 N–H and O–H groups in total. The van der Waals surface area contributed by atoms with Crippen molar-refractivity contribution in [2.24, 2.45) is 0 Å². The van der Waals surface area contributed by atoms with E-state index in [0.29, 0.717) is 12.1 Å². The molecule has 0 spiro atoms. The summed E-state index contributed by atoms with van der Waals surface area (Å²) in [5.74, 6) is 1.09. The van der Waals surface area contributed by atoms with Crippen LogP contribution in [0.1, 0.15) is 63.4 Å². The van der Waals surface area contributed by atoms with Crippen LogP contribution in [0.25, 0.3) is 0 Å². The monoisotopic (exact) mass is 354 g/mol. The van der Waals surface area contributed by atoms with Crippen molar-refractivity contribution in [1.29, 1.82) is 0 Å². The molecule has 2 aliphatic rings. The van der Waals surface area contributed by atoms with Crippen molar-refractivity contribution >= 4 is 12.4 Å². The number of piperazine rings is 1. The fourth-order valence-corrected chi connectivity index (χ4v) is 4.02. The lowest BCUT2D eigenvalue weighted by molar-refractivity contribution is 0.0910. The number of aromatic nitrogens is 4. The maximum absolute atomic E-state index is 4.44. The highest BCUT2D eigenvalue weighted by Crippen LogP contribution is 2.33. The van der Waals surface area contributed by atoms with Crippen LogP contribution in [-0.2, 0) is 0 Å². The molecule has 7 heteroatoms. The first kappa shape index (κ1) is 19.3. The molecule has 0 bridgehead atoms. The molecular formula is C17H31ClN6. The van der Waals surface area contributed by atoms with Crippen LogP contribution < -0.4 is 0 Å². The average molecular weight is 355 g/mol. The Morgan fingerprint density at radius 3 is 2.54 bits per heavy atom. The molecular weight excluding hydrogens is 324 g/mol. The lowest BCUT2D eigenvalue weighted by Crippen LogP contribution is -2.48. The summed E-state index contributed by atoms with van der Waals surface area (Å²) < 4.78 is 2.14. The first-order chi connectivity index (χ1) is 11.3. The maximum Gasteiger partial charge on any atom is 0.168 e. The average Bonchev–Trinajstić information content (AvgIpc) is 3.25. The van der Waals surface area contributed by atoms with Gasteiger partial charge < -0.3 is 0 Å². The summed E-state index contributed by atoms with van der Waals surface area (Å²) in [4.78, 5) is 5.05. The number of hydrogen-bond acceptors (Lipinski definition) is 5. The zero-order valence-electron chi connectivity index (χ0n) is 14.8. The minimum atomic E-state index is 0. The highest BCUT2D eigenvalue weighted by molar-refractivity contribution is 5.85. The van der Waals surface area contributed by atoms with Crippen LogP contribution in [0.2, 0.25) is 0 Å². The first-order valence-electron chi connectivity index (χ1n) is 9.18. The Balaban J connectivity index is 0.00000208. The van der Waals surface area contributed by atoms with Crippen LogP contribution in [0.5, 0.6) is 0 Å². The highest BCUT2D eigenvalue weighted by Gasteiger charge is 2.31. The van der Waals surface area contributed by atoms with Gasteiger partial charge in [0.15, 0.2) is 5.82 Å². The maximum atomic E-state index is 4.44. The van der Waals surface area contributed by atoms with Crippen LogP contribution >= 0.6 is 12.4 Å². The largest absolute Gasteiger partial charge is 0.297 e. The van der Waals surface area contributed by atoms with Crippen LogP contribution in [0.15, 0.2) is 12.7 Å². The fraction of sp³-hybridized carbons (Fsp3) is 0.824. The van der Waals surface area contributed by atoms with E-state index in [1.807, 2.05) is 6.08 Å². The van der Waals surface area contributed by atoms with Gasteiger partial charge in [-0.25, -0.2) is 4.68 Å². The Labute approximate surface area is 151 Å². The zero-order chi connectivity index (χ0) is 16.1. The molecule has 24 heavy (non-hydrogen) atoms. The second-order valence-corrected chi connectivity index (χ2v) is 6.85. The third-order valence-corrected chi connectivity index (χ3v) is 5.28. The van der Waals surface area contributed by atoms with Crippen LogP contribution in [0.4, 0.5) is 0 Å². The Bertz CT molecular complexity index is 491.